The summed E-state index contributed by atoms with van der Waals surface area (Å²) in [7, 11) is 0. The summed E-state index contributed by atoms with van der Waals surface area (Å²) in [5.41, 5.74) is 8.25. The number of carbonyl (C=O) groups is 1. The molecule has 31 heavy (non-hydrogen) atoms. The number of H-pyrrole nitrogens is 1. The average Bonchev–Trinajstić information content (AvgIpc) is 3.29. The van der Waals surface area contributed by atoms with Crippen LogP contribution in [0, 0.1) is 6.92 Å². The zero-order chi connectivity index (χ0) is 21.2. The van der Waals surface area contributed by atoms with Gasteiger partial charge in [-0.15, -0.1) is 0 Å². The molecular formula is C27H24N2O2. The molecule has 0 radical (unpaired) electrons. The number of benzene rings is 3. The third-order valence-electron chi connectivity index (χ3n) is 5.94. The molecule has 0 atom stereocenters. The summed E-state index contributed by atoms with van der Waals surface area (Å²) in [6.45, 7) is 2.79. The third-order valence-corrected chi connectivity index (χ3v) is 5.94. The van der Waals surface area contributed by atoms with Crippen LogP contribution < -0.4 is 5.32 Å². The normalized spacial score (nSPS) is 12.8. The maximum Gasteiger partial charge on any atom is 0.407 e. The van der Waals surface area contributed by atoms with Crippen LogP contribution in [0.25, 0.3) is 28.1 Å². The standard InChI is InChI=1S/C27H24N2O2/c1-18-19(24-13-6-7-15-26(24)29-18)14-8-16-28-27(30)31-17-25-22-11-4-2-9-20(22)21-10-3-5-12-23(21)25/h2-15,25,29H,16-17H2,1H3,(H,28,30). The van der Waals surface area contributed by atoms with Crippen LogP contribution in [-0.4, -0.2) is 24.2 Å². The predicted molar refractivity (Wildman–Crippen MR) is 125 cm³/mol. The Balaban J connectivity index is 1.20. The molecule has 4 heteroatoms. The van der Waals surface area contributed by atoms with Crippen molar-refractivity contribution in [3.63, 3.8) is 0 Å². The maximum atomic E-state index is 12.3. The zero-order valence-corrected chi connectivity index (χ0v) is 17.4. The van der Waals surface area contributed by atoms with Crippen LogP contribution in [0.5, 0.6) is 0 Å². The van der Waals surface area contributed by atoms with E-state index in [2.05, 4.69) is 53.6 Å². The molecular weight excluding hydrogens is 384 g/mol. The van der Waals surface area contributed by atoms with Gasteiger partial charge in [-0.2, -0.15) is 0 Å². The lowest BCUT2D eigenvalue weighted by Crippen LogP contribution is -2.26. The summed E-state index contributed by atoms with van der Waals surface area (Å²) < 4.78 is 5.58. The van der Waals surface area contributed by atoms with Crippen LogP contribution in [0.3, 0.4) is 0 Å². The highest BCUT2D eigenvalue weighted by atomic mass is 16.5. The van der Waals surface area contributed by atoms with Crippen molar-refractivity contribution in [3.8, 4) is 11.1 Å². The van der Waals surface area contributed by atoms with Gasteiger partial charge in [0.15, 0.2) is 0 Å². The fraction of sp³-hybridized carbons (Fsp3) is 0.148. The molecule has 2 N–H and O–H groups in total. The second-order valence-electron chi connectivity index (χ2n) is 7.82. The van der Waals surface area contributed by atoms with Crippen molar-refractivity contribution in [1.29, 1.82) is 0 Å². The molecule has 0 bridgehead atoms. The number of aromatic amines is 1. The molecule has 1 aliphatic rings. The summed E-state index contributed by atoms with van der Waals surface area (Å²) in [6, 6.07) is 24.9. The number of alkyl carbamates (subject to hydrolysis) is 1. The Kier molecular flexibility index (Phi) is 5.04. The average molecular weight is 409 g/mol. The second kappa shape index (κ2) is 8.15. The monoisotopic (exact) mass is 408 g/mol. The number of ether oxygens (including phenoxy) is 1. The zero-order valence-electron chi connectivity index (χ0n) is 17.4. The molecule has 0 saturated heterocycles. The first-order valence-corrected chi connectivity index (χ1v) is 10.5. The van der Waals surface area contributed by atoms with E-state index in [4.69, 9.17) is 4.74 Å². The molecule has 154 valence electrons. The van der Waals surface area contributed by atoms with Crippen molar-refractivity contribution in [2.45, 2.75) is 12.8 Å². The second-order valence-corrected chi connectivity index (χ2v) is 7.82. The van der Waals surface area contributed by atoms with Crippen LogP contribution in [0.1, 0.15) is 28.3 Å². The van der Waals surface area contributed by atoms with E-state index in [0.29, 0.717) is 13.2 Å². The fourth-order valence-electron chi connectivity index (χ4n) is 4.48. The van der Waals surface area contributed by atoms with Gasteiger partial charge in [0.25, 0.3) is 0 Å². The molecule has 3 aromatic carbocycles. The summed E-state index contributed by atoms with van der Waals surface area (Å²) in [5.74, 6) is 0.0718. The van der Waals surface area contributed by atoms with Gasteiger partial charge in [-0.05, 0) is 35.2 Å². The van der Waals surface area contributed by atoms with Gasteiger partial charge < -0.3 is 15.0 Å². The third kappa shape index (κ3) is 3.61. The Labute approximate surface area is 181 Å². The Bertz CT molecular complexity index is 1240. The fourth-order valence-corrected chi connectivity index (χ4v) is 4.48. The van der Waals surface area contributed by atoms with Crippen LogP contribution in [0.15, 0.2) is 78.9 Å². The number of hydrogen-bond acceptors (Lipinski definition) is 2. The first kappa shape index (κ1) is 19.2. The van der Waals surface area contributed by atoms with Crippen molar-refractivity contribution >= 4 is 23.1 Å². The van der Waals surface area contributed by atoms with E-state index in [9.17, 15) is 4.79 Å². The lowest BCUT2D eigenvalue weighted by atomic mass is 9.98. The highest BCUT2D eigenvalue weighted by Gasteiger charge is 2.28. The number of hydrogen-bond donors (Lipinski definition) is 2. The van der Waals surface area contributed by atoms with E-state index in [1.807, 2.05) is 48.6 Å². The molecule has 1 aliphatic carbocycles. The lowest BCUT2D eigenvalue weighted by Gasteiger charge is -2.14. The molecule has 1 heterocycles. The van der Waals surface area contributed by atoms with Gasteiger partial charge in [0, 0.05) is 34.6 Å². The van der Waals surface area contributed by atoms with Crippen LogP contribution in [0.4, 0.5) is 4.79 Å². The smallest absolute Gasteiger partial charge is 0.407 e. The number of carbonyl (C=O) groups excluding carboxylic acids is 1. The SMILES string of the molecule is Cc1[nH]c2ccccc2c1C=CCNC(=O)OCC1c2ccccc2-c2ccccc21. The van der Waals surface area contributed by atoms with E-state index in [1.165, 1.54) is 27.6 Å². The van der Waals surface area contributed by atoms with E-state index in [0.717, 1.165) is 16.8 Å². The van der Waals surface area contributed by atoms with Crippen LogP contribution in [-0.2, 0) is 4.74 Å². The molecule has 1 amide bonds. The van der Waals surface area contributed by atoms with Gasteiger partial charge in [0.05, 0.1) is 0 Å². The topological polar surface area (TPSA) is 54.1 Å². The number of para-hydroxylation sites is 1. The van der Waals surface area contributed by atoms with Crippen molar-refractivity contribution in [2.24, 2.45) is 0 Å². The number of amides is 1. The molecule has 4 aromatic rings. The molecule has 0 saturated carbocycles. The number of rotatable bonds is 5. The number of nitrogens with one attached hydrogen (secondary N) is 2. The number of fused-ring (bicyclic) bond motifs is 4. The lowest BCUT2D eigenvalue weighted by molar-refractivity contribution is 0.144. The Hall–Kier alpha value is -3.79. The summed E-state index contributed by atoms with van der Waals surface area (Å²) >= 11 is 0. The Morgan fingerprint density at radius 3 is 2.35 bits per heavy atom. The largest absolute Gasteiger partial charge is 0.449 e. The van der Waals surface area contributed by atoms with Crippen LogP contribution in [0.2, 0.25) is 0 Å². The molecule has 0 fully saturated rings. The minimum Gasteiger partial charge on any atom is -0.449 e. The number of aromatic nitrogens is 1. The molecule has 0 unspecified atom stereocenters. The van der Waals surface area contributed by atoms with Crippen LogP contribution >= 0.6 is 0 Å². The minimum atomic E-state index is -0.401. The van der Waals surface area contributed by atoms with Gasteiger partial charge in [0.1, 0.15) is 6.61 Å². The highest BCUT2D eigenvalue weighted by Crippen LogP contribution is 2.44. The van der Waals surface area contributed by atoms with Gasteiger partial charge in [-0.1, -0.05) is 78.9 Å². The molecule has 5 rings (SSSR count). The Morgan fingerprint density at radius 2 is 1.61 bits per heavy atom. The van der Waals surface area contributed by atoms with Crippen molar-refractivity contribution in [1.82, 2.24) is 10.3 Å². The van der Waals surface area contributed by atoms with Gasteiger partial charge in [0.2, 0.25) is 0 Å². The molecule has 1 aromatic heterocycles. The molecule has 0 aliphatic heterocycles. The van der Waals surface area contributed by atoms with Crippen molar-refractivity contribution in [3.05, 3.63) is 101 Å². The first-order valence-electron chi connectivity index (χ1n) is 10.5. The Morgan fingerprint density at radius 1 is 0.968 bits per heavy atom. The van der Waals surface area contributed by atoms with Gasteiger partial charge in [-0.25, -0.2) is 4.79 Å². The van der Waals surface area contributed by atoms with E-state index < -0.39 is 6.09 Å². The quantitative estimate of drug-likeness (QED) is 0.424. The number of aryl methyl sites for hydroxylation is 1. The summed E-state index contributed by atoms with van der Waals surface area (Å²) in [4.78, 5) is 15.7. The molecule has 4 nitrogen and oxygen atoms in total. The van der Waals surface area contributed by atoms with Gasteiger partial charge >= 0.3 is 6.09 Å². The predicted octanol–water partition coefficient (Wildman–Crippen LogP) is 6.03. The first-order chi connectivity index (χ1) is 15.2. The van der Waals surface area contributed by atoms with Crippen molar-refractivity contribution < 1.29 is 9.53 Å². The highest BCUT2D eigenvalue weighted by molar-refractivity contribution is 5.90. The minimum absolute atomic E-state index is 0.0718. The van der Waals surface area contributed by atoms with E-state index in [1.54, 1.807) is 0 Å². The molecule has 0 spiro atoms. The maximum absolute atomic E-state index is 12.3. The summed E-state index contributed by atoms with van der Waals surface area (Å²) in [5, 5.41) is 4.00. The van der Waals surface area contributed by atoms with E-state index >= 15 is 0 Å². The summed E-state index contributed by atoms with van der Waals surface area (Å²) in [6.07, 6.45) is 3.59. The van der Waals surface area contributed by atoms with Gasteiger partial charge in [-0.3, -0.25) is 0 Å². The van der Waals surface area contributed by atoms with Crippen molar-refractivity contribution in [2.75, 3.05) is 13.2 Å². The van der Waals surface area contributed by atoms with E-state index in [-0.39, 0.29) is 5.92 Å².